The standard InChI is InChI=1S/C24H24N2O3S/c1-17-7-10-22(30-17)24(29)26-13-11-25(12-14-26)23(28)20-16-19(8-9-21(20)27)15-18-5-3-2-4-6-18/h2-10,16,27H,11-15H2,1H3. The number of aromatic hydroxyl groups is 1. The number of nitrogens with zero attached hydrogens (tertiary/aromatic N) is 2. The predicted molar refractivity (Wildman–Crippen MR) is 118 cm³/mol. The van der Waals surface area contributed by atoms with Crippen LogP contribution in [-0.2, 0) is 6.42 Å². The number of phenols is 1. The van der Waals surface area contributed by atoms with E-state index >= 15 is 0 Å². The van der Waals surface area contributed by atoms with Gasteiger partial charge in [0.05, 0.1) is 10.4 Å². The zero-order valence-electron chi connectivity index (χ0n) is 16.9. The van der Waals surface area contributed by atoms with Crippen molar-refractivity contribution in [2.45, 2.75) is 13.3 Å². The minimum absolute atomic E-state index is 0.00983. The molecule has 2 heterocycles. The maximum atomic E-state index is 13.0. The summed E-state index contributed by atoms with van der Waals surface area (Å²) in [6.07, 6.45) is 0.698. The highest BCUT2D eigenvalue weighted by molar-refractivity contribution is 7.13. The van der Waals surface area contributed by atoms with Gasteiger partial charge < -0.3 is 14.9 Å². The van der Waals surface area contributed by atoms with Gasteiger partial charge >= 0.3 is 0 Å². The van der Waals surface area contributed by atoms with Crippen molar-refractivity contribution in [2.75, 3.05) is 26.2 Å². The molecule has 3 aromatic rings. The summed E-state index contributed by atoms with van der Waals surface area (Å²) in [7, 11) is 0. The van der Waals surface area contributed by atoms with Crippen molar-refractivity contribution < 1.29 is 14.7 Å². The number of piperazine rings is 1. The molecule has 1 aliphatic heterocycles. The number of carbonyl (C=O) groups excluding carboxylic acids is 2. The first-order valence-electron chi connectivity index (χ1n) is 10.0. The molecular weight excluding hydrogens is 396 g/mol. The van der Waals surface area contributed by atoms with Gasteiger partial charge in [0.25, 0.3) is 11.8 Å². The minimum Gasteiger partial charge on any atom is -0.507 e. The summed E-state index contributed by atoms with van der Waals surface area (Å²) < 4.78 is 0. The van der Waals surface area contributed by atoms with E-state index in [1.54, 1.807) is 21.9 Å². The van der Waals surface area contributed by atoms with E-state index < -0.39 is 0 Å². The van der Waals surface area contributed by atoms with E-state index in [4.69, 9.17) is 0 Å². The Kier molecular flexibility index (Phi) is 5.86. The SMILES string of the molecule is Cc1ccc(C(=O)N2CCN(C(=O)c3cc(Cc4ccccc4)ccc3O)CC2)s1. The van der Waals surface area contributed by atoms with Gasteiger partial charge in [0.1, 0.15) is 5.75 Å². The summed E-state index contributed by atoms with van der Waals surface area (Å²) in [4.78, 5) is 31.0. The second kappa shape index (κ2) is 8.71. The van der Waals surface area contributed by atoms with E-state index in [9.17, 15) is 14.7 Å². The topological polar surface area (TPSA) is 60.9 Å². The van der Waals surface area contributed by atoms with Gasteiger partial charge in [-0.1, -0.05) is 36.4 Å². The van der Waals surface area contributed by atoms with Crippen molar-refractivity contribution in [3.05, 3.63) is 87.1 Å². The summed E-state index contributed by atoms with van der Waals surface area (Å²) in [5.74, 6) is -0.182. The smallest absolute Gasteiger partial charge is 0.264 e. The molecule has 0 saturated carbocycles. The maximum Gasteiger partial charge on any atom is 0.264 e. The molecule has 0 radical (unpaired) electrons. The molecule has 1 N–H and O–H groups in total. The lowest BCUT2D eigenvalue weighted by Crippen LogP contribution is -2.50. The van der Waals surface area contributed by atoms with E-state index in [0.717, 1.165) is 20.9 Å². The van der Waals surface area contributed by atoms with Crippen molar-refractivity contribution in [2.24, 2.45) is 0 Å². The van der Waals surface area contributed by atoms with Gasteiger partial charge in [-0.25, -0.2) is 0 Å². The van der Waals surface area contributed by atoms with Gasteiger partial charge in [0, 0.05) is 31.1 Å². The van der Waals surface area contributed by atoms with E-state index in [2.05, 4.69) is 0 Å². The van der Waals surface area contributed by atoms with Gasteiger partial charge in [0.2, 0.25) is 0 Å². The van der Waals surface area contributed by atoms with Crippen LogP contribution in [0.15, 0.2) is 60.7 Å². The molecule has 2 aromatic carbocycles. The summed E-state index contributed by atoms with van der Waals surface area (Å²) in [5.41, 5.74) is 2.44. The van der Waals surface area contributed by atoms with Crippen LogP contribution in [0.2, 0.25) is 0 Å². The highest BCUT2D eigenvalue weighted by atomic mass is 32.1. The highest BCUT2D eigenvalue weighted by Gasteiger charge is 2.27. The third-order valence-electron chi connectivity index (χ3n) is 5.35. The lowest BCUT2D eigenvalue weighted by Gasteiger charge is -2.34. The second-order valence-electron chi connectivity index (χ2n) is 7.51. The molecule has 1 aromatic heterocycles. The Morgan fingerprint density at radius 1 is 0.867 bits per heavy atom. The average Bonchev–Trinajstić information content (AvgIpc) is 3.21. The lowest BCUT2D eigenvalue weighted by molar-refractivity contribution is 0.0536. The average molecular weight is 421 g/mol. The van der Waals surface area contributed by atoms with Crippen LogP contribution < -0.4 is 0 Å². The molecule has 0 spiro atoms. The van der Waals surface area contributed by atoms with Crippen LogP contribution in [0.4, 0.5) is 0 Å². The molecule has 0 aliphatic carbocycles. The molecule has 1 aliphatic rings. The van der Waals surface area contributed by atoms with E-state index in [-0.39, 0.29) is 17.6 Å². The van der Waals surface area contributed by atoms with Gasteiger partial charge in [-0.3, -0.25) is 9.59 Å². The van der Waals surface area contributed by atoms with Crippen LogP contribution in [-0.4, -0.2) is 52.9 Å². The number of hydrogen-bond donors (Lipinski definition) is 1. The molecule has 2 amide bonds. The fourth-order valence-corrected chi connectivity index (χ4v) is 4.52. The van der Waals surface area contributed by atoms with Gasteiger partial charge in [0.15, 0.2) is 0 Å². The highest BCUT2D eigenvalue weighted by Crippen LogP contribution is 2.24. The minimum atomic E-state index is -0.193. The zero-order chi connectivity index (χ0) is 21.1. The van der Waals surface area contributed by atoms with Crippen molar-refractivity contribution >= 4 is 23.2 Å². The molecule has 0 atom stereocenters. The molecule has 30 heavy (non-hydrogen) atoms. The molecule has 0 unspecified atom stereocenters. The number of thiophene rings is 1. The van der Waals surface area contributed by atoms with Crippen LogP contribution in [0.25, 0.3) is 0 Å². The van der Waals surface area contributed by atoms with Crippen molar-refractivity contribution in [3.8, 4) is 5.75 Å². The summed E-state index contributed by atoms with van der Waals surface area (Å²) in [5, 5.41) is 10.3. The Bertz CT molecular complexity index is 1050. The molecule has 0 bridgehead atoms. The first-order valence-corrected chi connectivity index (χ1v) is 10.8. The fourth-order valence-electron chi connectivity index (χ4n) is 3.68. The Morgan fingerprint density at radius 2 is 1.53 bits per heavy atom. The van der Waals surface area contributed by atoms with Gasteiger partial charge in [-0.2, -0.15) is 0 Å². The van der Waals surface area contributed by atoms with Crippen LogP contribution in [0, 0.1) is 6.92 Å². The molecule has 6 heteroatoms. The van der Waals surface area contributed by atoms with Crippen LogP contribution in [0.3, 0.4) is 0 Å². The Balaban J connectivity index is 1.42. The summed E-state index contributed by atoms with van der Waals surface area (Å²) in [6, 6.07) is 19.0. The first kappa shape index (κ1) is 20.2. The second-order valence-corrected chi connectivity index (χ2v) is 8.80. The number of rotatable bonds is 4. The zero-order valence-corrected chi connectivity index (χ0v) is 17.7. The molecule has 1 saturated heterocycles. The van der Waals surface area contributed by atoms with Gasteiger partial charge in [-0.05, 0) is 48.7 Å². The van der Waals surface area contributed by atoms with Crippen molar-refractivity contribution in [3.63, 3.8) is 0 Å². The first-order chi connectivity index (χ1) is 14.5. The molecule has 154 valence electrons. The number of benzene rings is 2. The number of aryl methyl sites for hydroxylation is 1. The van der Waals surface area contributed by atoms with E-state index in [1.165, 1.54) is 11.3 Å². The van der Waals surface area contributed by atoms with Gasteiger partial charge in [-0.15, -0.1) is 11.3 Å². The maximum absolute atomic E-state index is 13.0. The molecule has 5 nitrogen and oxygen atoms in total. The lowest BCUT2D eigenvalue weighted by atomic mass is 10.0. The van der Waals surface area contributed by atoms with E-state index in [0.29, 0.717) is 38.2 Å². The Morgan fingerprint density at radius 3 is 2.17 bits per heavy atom. The quantitative estimate of drug-likeness (QED) is 0.695. The van der Waals surface area contributed by atoms with Crippen molar-refractivity contribution in [1.29, 1.82) is 0 Å². The van der Waals surface area contributed by atoms with E-state index in [1.807, 2.05) is 55.5 Å². The number of phenolic OH excluding ortho intramolecular Hbond substituents is 1. The molecular formula is C24H24N2O3S. The third-order valence-corrected chi connectivity index (χ3v) is 6.34. The monoisotopic (exact) mass is 420 g/mol. The number of carbonyl (C=O) groups is 2. The summed E-state index contributed by atoms with van der Waals surface area (Å²) in [6.45, 7) is 3.88. The largest absolute Gasteiger partial charge is 0.507 e. The molecule has 1 fully saturated rings. The van der Waals surface area contributed by atoms with Crippen LogP contribution in [0.5, 0.6) is 5.75 Å². The predicted octanol–water partition coefficient (Wildman–Crippen LogP) is 3.95. The number of hydrogen-bond acceptors (Lipinski definition) is 4. The number of amides is 2. The van der Waals surface area contributed by atoms with Crippen molar-refractivity contribution in [1.82, 2.24) is 9.80 Å². The fraction of sp³-hybridized carbons (Fsp3) is 0.250. The summed E-state index contributed by atoms with van der Waals surface area (Å²) >= 11 is 1.49. The van der Waals surface area contributed by atoms with Crippen LogP contribution in [0.1, 0.15) is 36.0 Å². The third kappa shape index (κ3) is 4.39. The Hall–Kier alpha value is -3.12. The normalized spacial score (nSPS) is 14.0. The molecule has 4 rings (SSSR count). The Labute approximate surface area is 180 Å². The van der Waals surface area contributed by atoms with Crippen LogP contribution >= 0.6 is 11.3 Å².